The molecule has 8 heterocycles. The number of hydrogen-bond acceptors (Lipinski definition) is 17. The van der Waals surface area contributed by atoms with Crippen molar-refractivity contribution in [3.8, 4) is 22.5 Å². The molecule has 21 heteroatoms. The van der Waals surface area contributed by atoms with Gasteiger partial charge in [0.25, 0.3) is 0 Å². The zero-order valence-electron chi connectivity index (χ0n) is 58.2. The number of nitrogens with two attached hydrogens (primary N) is 1. The molecule has 0 bridgehead atoms. The van der Waals surface area contributed by atoms with Crippen molar-refractivity contribution in [1.29, 1.82) is 0 Å². The van der Waals surface area contributed by atoms with Crippen molar-refractivity contribution in [2.45, 2.75) is 49.9 Å². The topological polar surface area (TPSA) is 218 Å². The average molecular weight is 1450 g/mol. The summed E-state index contributed by atoms with van der Waals surface area (Å²) in [6.45, 7) is 2.42. The number of hydrogen-bond donors (Lipinski definition) is 4. The lowest BCUT2D eigenvalue weighted by atomic mass is 9.76. The molecule has 0 saturated heterocycles. The minimum Gasteiger partial charge on any atom is -0.362 e. The number of aromatic nitrogens is 12. The second-order valence-electron chi connectivity index (χ2n) is 24.9. The van der Waals surface area contributed by atoms with Gasteiger partial charge < -0.3 is 35.6 Å². The molecule has 0 amide bonds. The van der Waals surface area contributed by atoms with Gasteiger partial charge in [-0.2, -0.15) is 0 Å². The van der Waals surface area contributed by atoms with Crippen molar-refractivity contribution >= 4 is 61.3 Å². The first-order valence-corrected chi connectivity index (χ1v) is 36.8. The van der Waals surface area contributed by atoms with Gasteiger partial charge in [0.05, 0.1) is 58.5 Å². The molecular formula is C86H74F2N16OS2. The maximum Gasteiger partial charge on any atom is 0.157 e. The summed E-state index contributed by atoms with van der Waals surface area (Å²) in [5.41, 5.74) is 16.9. The summed E-state index contributed by atoms with van der Waals surface area (Å²) in [5.74, 6) is 2.13. The highest BCUT2D eigenvalue weighted by Crippen LogP contribution is 2.46. The van der Waals surface area contributed by atoms with Crippen molar-refractivity contribution in [2.75, 3.05) is 30.3 Å². The molecule has 5 N–H and O–H groups in total. The Bertz CT molecular complexity index is 5320. The standard InChI is InChI=1S/C43H37FN8S.C30H24N2O.C13H13FN6S/c44-35-22-13-25-46-36(35)28-48-41-40-42(50-30-49-41)53-39(51-40)24-27-45-26-23-38-47-29-37(31-14-5-1-6-15-31)52(38)43(32-16-7-2-8-17-32,33-18-9-3-10-19-33)34-20-11-4-12-21-34;33-22-21-29-31-28(24-13-5-1-6-14-24)23-32(29)30(25-15-7-2-8-16-25,26-17-9-3-10-18-26)27-19-11-4-12-20-27;14-8-2-1-5-16-9(8)6-17-12-11-13(19-7-18-12)21-10(20-11)3-4-15/h1-22,25,29-30,45H,23-24,26-28H2,(H,48,49,50);1-20,22-23H,21H2;1-2,5,7H,3-4,6,15H2,(H,17,18,19). The summed E-state index contributed by atoms with van der Waals surface area (Å²) in [6.07, 6.45) is 13.5. The van der Waals surface area contributed by atoms with Crippen molar-refractivity contribution in [3.63, 3.8) is 0 Å². The number of fused-ring (bicyclic) bond motifs is 2. The third-order valence-corrected chi connectivity index (χ3v) is 20.3. The Balaban J connectivity index is 0.000000150. The van der Waals surface area contributed by atoms with E-state index in [0.717, 1.165) is 106 Å². The quantitative estimate of drug-likeness (QED) is 0.0225. The van der Waals surface area contributed by atoms with E-state index in [-0.39, 0.29) is 31.1 Å². The van der Waals surface area contributed by atoms with Crippen molar-refractivity contribution < 1.29 is 13.6 Å². The molecule has 0 radical (unpaired) electrons. The number of benzene rings is 8. The van der Waals surface area contributed by atoms with Crippen molar-refractivity contribution in [1.82, 2.24) is 64.3 Å². The lowest BCUT2D eigenvalue weighted by molar-refractivity contribution is -0.107. The molecule has 0 unspecified atom stereocenters. The zero-order chi connectivity index (χ0) is 73.0. The van der Waals surface area contributed by atoms with Crippen LogP contribution in [0.1, 0.15) is 66.4 Å². The smallest absolute Gasteiger partial charge is 0.157 e. The number of halogens is 2. The number of carbonyl (C=O) groups is 1. The molecule has 8 aromatic carbocycles. The van der Waals surface area contributed by atoms with Crippen molar-refractivity contribution in [3.05, 3.63) is 382 Å². The van der Waals surface area contributed by atoms with Crippen LogP contribution in [0.3, 0.4) is 0 Å². The summed E-state index contributed by atoms with van der Waals surface area (Å²) in [5, 5.41) is 11.8. The maximum atomic E-state index is 14.2. The molecule has 0 fully saturated rings. The summed E-state index contributed by atoms with van der Waals surface area (Å²) in [7, 11) is 0. The summed E-state index contributed by atoms with van der Waals surface area (Å²) < 4.78 is 32.3. The molecule has 16 rings (SSSR count). The first-order chi connectivity index (χ1) is 52.8. The van der Waals surface area contributed by atoms with Crippen LogP contribution in [0.5, 0.6) is 0 Å². The largest absolute Gasteiger partial charge is 0.362 e. The fourth-order valence-electron chi connectivity index (χ4n) is 13.5. The minimum absolute atomic E-state index is 0.203. The highest BCUT2D eigenvalue weighted by atomic mass is 32.1. The lowest BCUT2D eigenvalue weighted by Crippen LogP contribution is -2.40. The average Bonchev–Trinajstić information content (AvgIpc) is 1.69. The second kappa shape index (κ2) is 34.4. The fraction of sp³-hybridized carbons (Fsp3) is 0.128. The van der Waals surface area contributed by atoms with Crippen LogP contribution in [-0.2, 0) is 54.6 Å². The Hall–Kier alpha value is -12.5. The molecule has 0 atom stereocenters. The van der Waals surface area contributed by atoms with E-state index in [1.807, 2.05) is 60.8 Å². The van der Waals surface area contributed by atoms with Crippen LogP contribution in [0.15, 0.2) is 304 Å². The van der Waals surface area contributed by atoms with Gasteiger partial charge in [0.15, 0.2) is 11.6 Å². The van der Waals surface area contributed by atoms with Crippen LogP contribution in [0.25, 0.3) is 43.2 Å². The van der Waals surface area contributed by atoms with E-state index < -0.39 is 11.1 Å². The highest BCUT2D eigenvalue weighted by molar-refractivity contribution is 7.18. The van der Waals surface area contributed by atoms with Gasteiger partial charge in [0.2, 0.25) is 0 Å². The fourth-order valence-corrected chi connectivity index (χ4v) is 15.3. The molecule has 16 aromatic rings. The van der Waals surface area contributed by atoms with Gasteiger partial charge in [-0.15, -0.1) is 0 Å². The Morgan fingerprint density at radius 3 is 1.27 bits per heavy atom. The van der Waals surface area contributed by atoms with Gasteiger partial charge in [-0.3, -0.25) is 9.97 Å². The van der Waals surface area contributed by atoms with Crippen LogP contribution in [0, 0.1) is 11.6 Å². The third-order valence-electron chi connectivity index (χ3n) is 18.3. The van der Waals surface area contributed by atoms with E-state index >= 15 is 0 Å². The molecule has 107 heavy (non-hydrogen) atoms. The van der Waals surface area contributed by atoms with Crippen molar-refractivity contribution in [2.24, 2.45) is 5.73 Å². The van der Waals surface area contributed by atoms with Gasteiger partial charge in [-0.1, -0.05) is 265 Å². The van der Waals surface area contributed by atoms with E-state index in [4.69, 9.17) is 20.7 Å². The number of aldehydes is 1. The number of anilines is 2. The molecule has 0 aliphatic rings. The lowest BCUT2D eigenvalue weighted by Gasteiger charge is -2.40. The number of nitrogens with zero attached hydrogens (tertiary/aromatic N) is 12. The van der Waals surface area contributed by atoms with E-state index in [1.165, 1.54) is 36.1 Å². The van der Waals surface area contributed by atoms with Gasteiger partial charge in [-0.05, 0) is 69.8 Å². The zero-order valence-corrected chi connectivity index (χ0v) is 59.9. The SMILES string of the molecule is Fc1cccnc1CNc1ncnc2sc(CCNCCc3ncc(-c4ccccc4)n3C(c3ccccc3)(c3ccccc3)c3ccccc3)nc12.NCCc1nc2c(NCc3ncccc3F)ncnc2s1.O=CCc1nc(-c2ccccc2)cn1C(c1ccccc1)(c1ccccc1)c1ccccc1. The van der Waals surface area contributed by atoms with Gasteiger partial charge in [0.1, 0.15) is 74.0 Å². The van der Waals surface area contributed by atoms with E-state index in [2.05, 4.69) is 254 Å². The molecule has 17 nitrogen and oxygen atoms in total. The highest BCUT2D eigenvalue weighted by Gasteiger charge is 2.43. The predicted molar refractivity (Wildman–Crippen MR) is 421 cm³/mol. The van der Waals surface area contributed by atoms with Gasteiger partial charge >= 0.3 is 0 Å². The normalized spacial score (nSPS) is 11.4. The van der Waals surface area contributed by atoms with Crippen LogP contribution < -0.4 is 21.7 Å². The minimum atomic E-state index is -0.698. The van der Waals surface area contributed by atoms with Crippen LogP contribution in [-0.4, -0.2) is 84.9 Å². The summed E-state index contributed by atoms with van der Waals surface area (Å²) >= 11 is 3.03. The Morgan fingerprint density at radius 1 is 0.430 bits per heavy atom. The Morgan fingerprint density at radius 2 is 0.841 bits per heavy atom. The van der Waals surface area contributed by atoms with Gasteiger partial charge in [-0.25, -0.2) is 48.7 Å². The molecule has 530 valence electrons. The molecule has 8 aromatic heterocycles. The number of pyridine rings is 2. The van der Waals surface area contributed by atoms with Crippen LogP contribution in [0.2, 0.25) is 0 Å². The van der Waals surface area contributed by atoms with Crippen LogP contribution >= 0.6 is 22.7 Å². The molecular weight excluding hydrogens is 1380 g/mol. The first-order valence-electron chi connectivity index (χ1n) is 35.1. The summed E-state index contributed by atoms with van der Waals surface area (Å²) in [4.78, 5) is 58.0. The monoisotopic (exact) mass is 1450 g/mol. The number of imidazole rings is 2. The second-order valence-corrected chi connectivity index (χ2v) is 27.0. The molecule has 0 saturated carbocycles. The van der Waals surface area contributed by atoms with E-state index in [0.29, 0.717) is 60.0 Å². The summed E-state index contributed by atoms with van der Waals surface area (Å²) in [6, 6.07) is 90.1. The first kappa shape index (κ1) is 71.5. The Labute approximate surface area is 626 Å². The molecule has 0 spiro atoms. The van der Waals surface area contributed by atoms with E-state index in [9.17, 15) is 13.6 Å². The predicted octanol–water partition coefficient (Wildman–Crippen LogP) is 16.2. The molecule has 0 aliphatic carbocycles. The third kappa shape index (κ3) is 15.8. The van der Waals surface area contributed by atoms with Crippen LogP contribution in [0.4, 0.5) is 20.4 Å². The number of nitrogens with one attached hydrogen (secondary N) is 3. The molecule has 0 aliphatic heterocycles. The van der Waals surface area contributed by atoms with Gasteiger partial charge in [0, 0.05) is 56.5 Å². The van der Waals surface area contributed by atoms with E-state index in [1.54, 1.807) is 35.9 Å². The Kier molecular flexibility index (Phi) is 23.0. The number of thiazole rings is 2. The number of rotatable bonds is 26. The maximum absolute atomic E-state index is 14.2. The number of carbonyl (C=O) groups excluding carboxylic acids is 1.